The van der Waals surface area contributed by atoms with Crippen molar-refractivity contribution < 1.29 is 0 Å². The molecule has 0 fully saturated rings. The first kappa shape index (κ1) is 11.8. The van der Waals surface area contributed by atoms with Crippen LogP contribution >= 0.6 is 11.8 Å². The molecule has 0 aromatic heterocycles. The van der Waals surface area contributed by atoms with Gasteiger partial charge in [-0.05, 0) is 38.0 Å². The molecule has 2 N–H and O–H groups in total. The maximum absolute atomic E-state index is 5.84. The molecular formula is C13H20N2S. The van der Waals surface area contributed by atoms with Crippen molar-refractivity contribution in [3.05, 3.63) is 23.3 Å². The Hall–Kier alpha value is -0.670. The number of rotatable bonds is 1. The van der Waals surface area contributed by atoms with E-state index in [4.69, 9.17) is 5.73 Å². The van der Waals surface area contributed by atoms with Gasteiger partial charge in [-0.1, -0.05) is 6.07 Å². The van der Waals surface area contributed by atoms with Crippen LogP contribution in [0.2, 0.25) is 0 Å². The Morgan fingerprint density at radius 1 is 1.38 bits per heavy atom. The van der Waals surface area contributed by atoms with Gasteiger partial charge in [-0.25, -0.2) is 0 Å². The van der Waals surface area contributed by atoms with Crippen molar-refractivity contribution in [1.29, 1.82) is 0 Å². The number of anilines is 1. The van der Waals surface area contributed by atoms with Crippen molar-refractivity contribution in [2.75, 3.05) is 18.5 Å². The number of nitrogens with two attached hydrogens (primary N) is 1. The van der Waals surface area contributed by atoms with E-state index in [1.54, 1.807) is 0 Å². The van der Waals surface area contributed by atoms with Crippen LogP contribution in [0.3, 0.4) is 0 Å². The molecule has 2 nitrogen and oxygen atoms in total. The van der Waals surface area contributed by atoms with Crippen LogP contribution in [0.15, 0.2) is 17.0 Å². The highest BCUT2D eigenvalue weighted by Gasteiger charge is 2.29. The second-order valence-electron chi connectivity index (χ2n) is 4.67. The summed E-state index contributed by atoms with van der Waals surface area (Å²) in [5.74, 6) is 0. The average Bonchev–Trinajstić information content (AvgIpc) is 2.22. The number of fused-ring (bicyclic) bond motifs is 1. The number of benzene rings is 1. The van der Waals surface area contributed by atoms with Crippen LogP contribution in [0, 0.1) is 13.8 Å². The van der Waals surface area contributed by atoms with E-state index < -0.39 is 0 Å². The van der Waals surface area contributed by atoms with Gasteiger partial charge in [0.25, 0.3) is 0 Å². The zero-order chi connectivity index (χ0) is 11.9. The summed E-state index contributed by atoms with van der Waals surface area (Å²) in [6.45, 7) is 7.34. The molecule has 0 aliphatic carbocycles. The fourth-order valence-corrected chi connectivity index (χ4v) is 3.89. The fourth-order valence-electron chi connectivity index (χ4n) is 2.42. The molecule has 1 heterocycles. The Bertz CT molecular complexity index is 403. The smallest absolute Gasteiger partial charge is 0.0534 e. The van der Waals surface area contributed by atoms with Crippen LogP contribution in [0.4, 0.5) is 5.69 Å². The lowest BCUT2D eigenvalue weighted by Gasteiger charge is -2.40. The third kappa shape index (κ3) is 1.82. The minimum absolute atomic E-state index is 0.499. The molecule has 1 aromatic carbocycles. The third-order valence-corrected chi connectivity index (χ3v) is 4.88. The molecule has 0 radical (unpaired) electrons. The standard InChI is InChI=1S/C13H20N2S/c1-8-5-9(2)13-11(6-8)16-12(7-14)10(3)15(13)4/h5-6,10,12H,7,14H2,1-4H3. The molecular weight excluding hydrogens is 216 g/mol. The van der Waals surface area contributed by atoms with Gasteiger partial charge in [0, 0.05) is 29.8 Å². The molecule has 0 amide bonds. The molecule has 88 valence electrons. The number of nitrogens with zero attached hydrogens (tertiary/aromatic N) is 1. The summed E-state index contributed by atoms with van der Waals surface area (Å²) in [4.78, 5) is 3.76. The van der Waals surface area contributed by atoms with Crippen LogP contribution in [0.1, 0.15) is 18.1 Å². The first-order chi connectivity index (χ1) is 7.54. The van der Waals surface area contributed by atoms with E-state index >= 15 is 0 Å². The zero-order valence-corrected chi connectivity index (χ0v) is 11.3. The predicted molar refractivity (Wildman–Crippen MR) is 72.5 cm³/mol. The summed E-state index contributed by atoms with van der Waals surface area (Å²) < 4.78 is 0. The summed E-state index contributed by atoms with van der Waals surface area (Å²) in [6.07, 6.45) is 0. The van der Waals surface area contributed by atoms with Crippen LogP contribution in [-0.4, -0.2) is 24.9 Å². The minimum atomic E-state index is 0.499. The van der Waals surface area contributed by atoms with Crippen molar-refractivity contribution in [3.8, 4) is 0 Å². The van der Waals surface area contributed by atoms with Crippen molar-refractivity contribution in [2.24, 2.45) is 5.73 Å². The predicted octanol–water partition coefficient (Wildman–Crippen LogP) is 2.56. The SMILES string of the molecule is Cc1cc(C)c2c(c1)SC(CN)C(C)N2C. The molecule has 0 saturated carbocycles. The van der Waals surface area contributed by atoms with Gasteiger partial charge < -0.3 is 10.6 Å². The lowest BCUT2D eigenvalue weighted by atomic mass is 10.1. The molecule has 0 bridgehead atoms. The van der Waals surface area contributed by atoms with Crippen molar-refractivity contribution in [2.45, 2.75) is 37.0 Å². The molecule has 1 aliphatic heterocycles. The normalized spacial score (nSPS) is 24.4. The van der Waals surface area contributed by atoms with Crippen LogP contribution in [0.25, 0.3) is 0 Å². The maximum Gasteiger partial charge on any atom is 0.0534 e. The molecule has 1 aliphatic rings. The van der Waals surface area contributed by atoms with Crippen molar-refractivity contribution in [1.82, 2.24) is 0 Å². The topological polar surface area (TPSA) is 29.3 Å². The van der Waals surface area contributed by atoms with Gasteiger partial charge in [0.05, 0.1) is 5.69 Å². The second kappa shape index (κ2) is 4.30. The van der Waals surface area contributed by atoms with Gasteiger partial charge >= 0.3 is 0 Å². The number of hydrogen-bond acceptors (Lipinski definition) is 3. The molecule has 2 unspecified atom stereocenters. The lowest BCUT2D eigenvalue weighted by Crippen LogP contribution is -2.44. The highest BCUT2D eigenvalue weighted by molar-refractivity contribution is 8.00. The monoisotopic (exact) mass is 236 g/mol. The molecule has 0 spiro atoms. The molecule has 1 aromatic rings. The quantitative estimate of drug-likeness (QED) is 0.812. The summed E-state index contributed by atoms with van der Waals surface area (Å²) in [5, 5.41) is 0.499. The molecule has 0 saturated heterocycles. The first-order valence-electron chi connectivity index (χ1n) is 5.75. The Morgan fingerprint density at radius 2 is 2.06 bits per heavy atom. The van der Waals surface area contributed by atoms with Crippen molar-refractivity contribution in [3.63, 3.8) is 0 Å². The van der Waals surface area contributed by atoms with Gasteiger partial charge in [-0.2, -0.15) is 0 Å². The Kier molecular flexibility index (Phi) is 3.17. The van der Waals surface area contributed by atoms with Crippen LogP contribution in [-0.2, 0) is 0 Å². The van der Waals surface area contributed by atoms with Crippen molar-refractivity contribution >= 4 is 17.4 Å². The number of hydrogen-bond donors (Lipinski definition) is 1. The zero-order valence-electron chi connectivity index (χ0n) is 10.4. The van der Waals surface area contributed by atoms with E-state index in [2.05, 4.69) is 44.9 Å². The summed E-state index contributed by atoms with van der Waals surface area (Å²) in [5.41, 5.74) is 9.93. The Labute approximate surface area is 102 Å². The maximum atomic E-state index is 5.84. The summed E-state index contributed by atoms with van der Waals surface area (Å²) in [6, 6.07) is 5.03. The molecule has 2 rings (SSSR count). The van der Waals surface area contributed by atoms with Gasteiger partial charge in [0.1, 0.15) is 0 Å². The molecule has 2 atom stereocenters. The highest BCUT2D eigenvalue weighted by Crippen LogP contribution is 2.42. The van der Waals surface area contributed by atoms with Crippen LogP contribution < -0.4 is 10.6 Å². The van der Waals surface area contributed by atoms with Gasteiger partial charge in [-0.15, -0.1) is 11.8 Å². The van der Waals surface area contributed by atoms with E-state index in [0.717, 1.165) is 6.54 Å². The largest absolute Gasteiger partial charge is 0.370 e. The van der Waals surface area contributed by atoms with E-state index in [-0.39, 0.29) is 0 Å². The Balaban J connectivity index is 2.50. The first-order valence-corrected chi connectivity index (χ1v) is 6.63. The average molecular weight is 236 g/mol. The highest BCUT2D eigenvalue weighted by atomic mass is 32.2. The molecule has 16 heavy (non-hydrogen) atoms. The lowest BCUT2D eigenvalue weighted by molar-refractivity contribution is 0.635. The number of thioether (sulfide) groups is 1. The van der Waals surface area contributed by atoms with Gasteiger partial charge in [0.15, 0.2) is 0 Å². The van der Waals surface area contributed by atoms with E-state index in [1.807, 2.05) is 11.8 Å². The second-order valence-corrected chi connectivity index (χ2v) is 5.95. The fraction of sp³-hybridized carbons (Fsp3) is 0.538. The summed E-state index contributed by atoms with van der Waals surface area (Å²) >= 11 is 1.93. The summed E-state index contributed by atoms with van der Waals surface area (Å²) in [7, 11) is 2.17. The minimum Gasteiger partial charge on any atom is -0.370 e. The molecule has 3 heteroatoms. The van der Waals surface area contributed by atoms with E-state index in [1.165, 1.54) is 21.7 Å². The third-order valence-electron chi connectivity index (χ3n) is 3.42. The van der Waals surface area contributed by atoms with Gasteiger partial charge in [-0.3, -0.25) is 0 Å². The van der Waals surface area contributed by atoms with E-state index in [0.29, 0.717) is 11.3 Å². The van der Waals surface area contributed by atoms with Crippen LogP contribution in [0.5, 0.6) is 0 Å². The van der Waals surface area contributed by atoms with Gasteiger partial charge in [0.2, 0.25) is 0 Å². The number of aryl methyl sites for hydroxylation is 2. The van der Waals surface area contributed by atoms with E-state index in [9.17, 15) is 0 Å². The Morgan fingerprint density at radius 3 is 2.69 bits per heavy atom.